The Morgan fingerprint density at radius 2 is 2.32 bits per heavy atom. The van der Waals surface area contributed by atoms with Crippen molar-refractivity contribution in [2.75, 3.05) is 6.61 Å². The highest BCUT2D eigenvalue weighted by Crippen LogP contribution is 2.56. The highest BCUT2D eigenvalue weighted by atomic mass is 16.6. The molecule has 5 atom stereocenters. The van der Waals surface area contributed by atoms with E-state index in [0.717, 1.165) is 18.4 Å². The van der Waals surface area contributed by atoms with Gasteiger partial charge in [0.25, 0.3) is 0 Å². The summed E-state index contributed by atoms with van der Waals surface area (Å²) in [5.74, 6) is -0.384. The summed E-state index contributed by atoms with van der Waals surface area (Å²) in [5, 5.41) is 19.9. The fourth-order valence-corrected chi connectivity index (χ4v) is 4.10. The van der Waals surface area contributed by atoms with Crippen molar-refractivity contribution < 1.29 is 19.7 Å². The molecule has 4 nitrogen and oxygen atoms in total. The van der Waals surface area contributed by atoms with Gasteiger partial charge in [-0.3, -0.25) is 0 Å². The number of hydrogen-bond acceptors (Lipinski definition) is 4. The SMILES string of the molecule is C=C1C(=O)O[C@@H]2[C@H]3C(CO)=CC[C@H](O)[C@]3(C)CC[C@@H]12. The zero-order chi connectivity index (χ0) is 13.8. The van der Waals surface area contributed by atoms with Crippen LogP contribution in [0, 0.1) is 17.3 Å². The number of aliphatic hydroxyl groups is 2. The first-order chi connectivity index (χ1) is 8.99. The number of carbonyl (C=O) groups is 1. The summed E-state index contributed by atoms with van der Waals surface area (Å²) in [6, 6.07) is 0. The van der Waals surface area contributed by atoms with Gasteiger partial charge in [-0.1, -0.05) is 19.6 Å². The third kappa shape index (κ3) is 1.63. The van der Waals surface area contributed by atoms with E-state index < -0.39 is 6.10 Å². The Hall–Kier alpha value is -1.13. The van der Waals surface area contributed by atoms with Gasteiger partial charge in [0, 0.05) is 22.8 Å². The molecule has 19 heavy (non-hydrogen) atoms. The van der Waals surface area contributed by atoms with Crippen LogP contribution in [0.3, 0.4) is 0 Å². The normalized spacial score (nSPS) is 45.3. The molecule has 1 saturated heterocycles. The molecule has 0 bridgehead atoms. The molecule has 2 N–H and O–H groups in total. The quantitative estimate of drug-likeness (QED) is 0.424. The maximum atomic E-state index is 11.7. The standard InChI is InChI=1S/C15H20O4/c1-8-10-5-6-15(2)11(17)4-3-9(7-16)12(15)13(10)19-14(8)18/h3,10-13,16-17H,1,4-7H2,2H3/t10-,11-,12+,13-,15-/m0/s1. The Morgan fingerprint density at radius 1 is 1.58 bits per heavy atom. The van der Waals surface area contributed by atoms with Crippen LogP contribution < -0.4 is 0 Å². The Balaban J connectivity index is 2.03. The van der Waals surface area contributed by atoms with Crippen LogP contribution in [0.1, 0.15) is 26.2 Å². The molecule has 0 radical (unpaired) electrons. The molecule has 1 heterocycles. The highest BCUT2D eigenvalue weighted by Gasteiger charge is 2.57. The minimum Gasteiger partial charge on any atom is -0.458 e. The molecule has 2 fully saturated rings. The van der Waals surface area contributed by atoms with Gasteiger partial charge in [-0.05, 0) is 24.8 Å². The summed E-state index contributed by atoms with van der Waals surface area (Å²) in [5.41, 5.74) is 1.12. The van der Waals surface area contributed by atoms with E-state index in [1.54, 1.807) is 0 Å². The lowest BCUT2D eigenvalue weighted by atomic mass is 9.55. The molecule has 104 valence electrons. The minimum atomic E-state index is -0.443. The summed E-state index contributed by atoms with van der Waals surface area (Å²) in [6.45, 7) is 5.83. The zero-order valence-corrected chi connectivity index (χ0v) is 11.1. The summed E-state index contributed by atoms with van der Waals surface area (Å²) in [4.78, 5) is 11.7. The molecule has 4 heteroatoms. The molecule has 0 aromatic rings. The maximum absolute atomic E-state index is 11.7. The summed E-state index contributed by atoms with van der Waals surface area (Å²) in [7, 11) is 0. The molecule has 0 spiro atoms. The largest absolute Gasteiger partial charge is 0.458 e. The Morgan fingerprint density at radius 3 is 3.00 bits per heavy atom. The summed E-state index contributed by atoms with van der Waals surface area (Å²) >= 11 is 0. The fourth-order valence-electron chi connectivity index (χ4n) is 4.10. The second kappa shape index (κ2) is 4.18. The lowest BCUT2D eigenvalue weighted by molar-refractivity contribution is -0.149. The second-order valence-corrected chi connectivity index (χ2v) is 6.21. The molecule has 0 amide bonds. The number of hydrogen-bond donors (Lipinski definition) is 2. The van der Waals surface area contributed by atoms with Crippen molar-refractivity contribution in [2.45, 2.75) is 38.4 Å². The molecule has 0 aromatic carbocycles. The number of ether oxygens (including phenoxy) is 1. The molecule has 3 rings (SSSR count). The van der Waals surface area contributed by atoms with E-state index in [0.29, 0.717) is 12.0 Å². The van der Waals surface area contributed by atoms with Gasteiger partial charge in [0.1, 0.15) is 6.10 Å². The Bertz CT molecular complexity index is 467. The topological polar surface area (TPSA) is 66.8 Å². The van der Waals surface area contributed by atoms with E-state index in [9.17, 15) is 15.0 Å². The van der Waals surface area contributed by atoms with E-state index in [-0.39, 0.29) is 35.9 Å². The predicted octanol–water partition coefficient (Wildman–Crippen LogP) is 1.18. The van der Waals surface area contributed by atoms with Crippen molar-refractivity contribution in [3.05, 3.63) is 23.8 Å². The third-order valence-corrected chi connectivity index (χ3v) is 5.33. The number of carbonyl (C=O) groups excluding carboxylic acids is 1. The number of esters is 1. The van der Waals surface area contributed by atoms with Crippen LogP contribution in [0.15, 0.2) is 23.8 Å². The average Bonchev–Trinajstić information content (AvgIpc) is 2.67. The van der Waals surface area contributed by atoms with E-state index >= 15 is 0 Å². The van der Waals surface area contributed by atoms with E-state index in [1.807, 2.05) is 13.0 Å². The van der Waals surface area contributed by atoms with Gasteiger partial charge in [0.2, 0.25) is 0 Å². The monoisotopic (exact) mass is 264 g/mol. The van der Waals surface area contributed by atoms with Crippen LogP contribution in [0.5, 0.6) is 0 Å². The van der Waals surface area contributed by atoms with Gasteiger partial charge >= 0.3 is 5.97 Å². The highest BCUT2D eigenvalue weighted by molar-refractivity contribution is 5.91. The van der Waals surface area contributed by atoms with Crippen molar-refractivity contribution in [3.63, 3.8) is 0 Å². The first-order valence-electron chi connectivity index (χ1n) is 6.86. The summed E-state index contributed by atoms with van der Waals surface area (Å²) < 4.78 is 5.49. The molecular weight excluding hydrogens is 244 g/mol. The van der Waals surface area contributed by atoms with E-state index in [2.05, 4.69) is 6.58 Å². The second-order valence-electron chi connectivity index (χ2n) is 6.21. The van der Waals surface area contributed by atoms with Crippen molar-refractivity contribution in [2.24, 2.45) is 17.3 Å². The number of rotatable bonds is 1. The van der Waals surface area contributed by atoms with Crippen LogP contribution in [-0.2, 0) is 9.53 Å². The van der Waals surface area contributed by atoms with Crippen LogP contribution in [-0.4, -0.2) is 35.0 Å². The molecule has 1 aliphatic heterocycles. The van der Waals surface area contributed by atoms with Gasteiger partial charge in [-0.15, -0.1) is 0 Å². The van der Waals surface area contributed by atoms with Gasteiger partial charge in [0.05, 0.1) is 12.7 Å². The predicted molar refractivity (Wildman–Crippen MR) is 69.1 cm³/mol. The van der Waals surface area contributed by atoms with Crippen LogP contribution in [0.25, 0.3) is 0 Å². The Kier molecular flexibility index (Phi) is 2.84. The van der Waals surface area contributed by atoms with Gasteiger partial charge in [-0.25, -0.2) is 4.79 Å². The number of fused-ring (bicyclic) bond motifs is 3. The van der Waals surface area contributed by atoms with Gasteiger partial charge < -0.3 is 14.9 Å². The molecule has 0 aromatic heterocycles. The van der Waals surface area contributed by atoms with Gasteiger partial charge in [0.15, 0.2) is 0 Å². The molecule has 1 saturated carbocycles. The minimum absolute atomic E-state index is 0.0332. The van der Waals surface area contributed by atoms with Crippen molar-refractivity contribution in [3.8, 4) is 0 Å². The molecule has 2 aliphatic carbocycles. The number of aliphatic hydroxyl groups excluding tert-OH is 2. The smallest absolute Gasteiger partial charge is 0.334 e. The lowest BCUT2D eigenvalue weighted by Crippen LogP contribution is -2.53. The van der Waals surface area contributed by atoms with Crippen molar-refractivity contribution in [1.82, 2.24) is 0 Å². The third-order valence-electron chi connectivity index (χ3n) is 5.33. The van der Waals surface area contributed by atoms with Crippen LogP contribution >= 0.6 is 0 Å². The molecular formula is C15H20O4. The maximum Gasteiger partial charge on any atom is 0.334 e. The average molecular weight is 264 g/mol. The first-order valence-corrected chi connectivity index (χ1v) is 6.86. The lowest BCUT2D eigenvalue weighted by Gasteiger charge is -2.51. The van der Waals surface area contributed by atoms with Gasteiger partial charge in [-0.2, -0.15) is 0 Å². The fraction of sp³-hybridized carbons (Fsp3) is 0.667. The van der Waals surface area contributed by atoms with E-state index in [1.165, 1.54) is 0 Å². The summed E-state index contributed by atoms with van der Waals surface area (Å²) in [6.07, 6.45) is 3.39. The van der Waals surface area contributed by atoms with Crippen LogP contribution in [0.2, 0.25) is 0 Å². The zero-order valence-electron chi connectivity index (χ0n) is 11.1. The van der Waals surface area contributed by atoms with E-state index in [4.69, 9.17) is 4.74 Å². The molecule has 0 unspecified atom stereocenters. The van der Waals surface area contributed by atoms with Crippen LogP contribution in [0.4, 0.5) is 0 Å². The van der Waals surface area contributed by atoms with Crippen molar-refractivity contribution in [1.29, 1.82) is 0 Å². The molecule has 3 aliphatic rings. The Labute approximate surface area is 112 Å². The first kappa shape index (κ1) is 12.9. The van der Waals surface area contributed by atoms with Crippen molar-refractivity contribution >= 4 is 5.97 Å².